The zero-order chi connectivity index (χ0) is 13.5. The predicted molar refractivity (Wildman–Crippen MR) is 73.7 cm³/mol. The van der Waals surface area contributed by atoms with Gasteiger partial charge >= 0.3 is 5.97 Å². The van der Waals surface area contributed by atoms with Crippen molar-refractivity contribution >= 4 is 23.6 Å². The Morgan fingerprint density at radius 1 is 1.44 bits per heavy atom. The Morgan fingerprint density at radius 3 is 2.72 bits per heavy atom. The van der Waals surface area contributed by atoms with Crippen LogP contribution in [0.2, 0.25) is 0 Å². The summed E-state index contributed by atoms with van der Waals surface area (Å²) in [6.07, 6.45) is 6.13. The standard InChI is InChI=1S/C13H23NO3S/c1-3-10-5-4-6-11(7-10)18-8-12(13(16)17)14-9(2)15/h10-12H,3-8H2,1-2H3,(H,14,15)(H,16,17)/t10?,11?,12-/m0/s1. The van der Waals surface area contributed by atoms with Crippen LogP contribution >= 0.6 is 11.8 Å². The van der Waals surface area contributed by atoms with E-state index in [2.05, 4.69) is 12.2 Å². The fraction of sp³-hybridized carbons (Fsp3) is 0.846. The number of carboxylic acid groups (broad SMARTS) is 1. The maximum Gasteiger partial charge on any atom is 0.327 e. The Hall–Kier alpha value is -0.710. The van der Waals surface area contributed by atoms with Gasteiger partial charge in [-0.05, 0) is 18.8 Å². The van der Waals surface area contributed by atoms with Crippen LogP contribution in [0.1, 0.15) is 46.0 Å². The zero-order valence-electron chi connectivity index (χ0n) is 11.1. The molecule has 3 atom stereocenters. The summed E-state index contributed by atoms with van der Waals surface area (Å²) >= 11 is 1.70. The highest BCUT2D eigenvalue weighted by Crippen LogP contribution is 2.33. The molecule has 0 heterocycles. The Labute approximate surface area is 113 Å². The summed E-state index contributed by atoms with van der Waals surface area (Å²) in [7, 11) is 0. The van der Waals surface area contributed by atoms with E-state index in [1.165, 1.54) is 39.0 Å². The van der Waals surface area contributed by atoms with Gasteiger partial charge in [-0.25, -0.2) is 4.79 Å². The molecule has 4 nitrogen and oxygen atoms in total. The molecule has 5 heteroatoms. The van der Waals surface area contributed by atoms with Gasteiger partial charge in [-0.1, -0.05) is 26.2 Å². The quantitative estimate of drug-likeness (QED) is 0.779. The van der Waals surface area contributed by atoms with Crippen LogP contribution in [0.25, 0.3) is 0 Å². The molecule has 0 aromatic carbocycles. The lowest BCUT2D eigenvalue weighted by molar-refractivity contribution is -0.140. The van der Waals surface area contributed by atoms with E-state index >= 15 is 0 Å². The van der Waals surface area contributed by atoms with Crippen LogP contribution in [0.3, 0.4) is 0 Å². The van der Waals surface area contributed by atoms with Gasteiger partial charge in [0.2, 0.25) is 5.91 Å². The van der Waals surface area contributed by atoms with Gasteiger partial charge in [0.15, 0.2) is 0 Å². The highest BCUT2D eigenvalue weighted by molar-refractivity contribution is 7.99. The molecule has 104 valence electrons. The Morgan fingerprint density at radius 2 is 2.17 bits per heavy atom. The molecule has 2 N–H and O–H groups in total. The van der Waals surface area contributed by atoms with Gasteiger partial charge in [0.05, 0.1) is 0 Å². The van der Waals surface area contributed by atoms with Gasteiger partial charge in [0.1, 0.15) is 6.04 Å². The molecule has 0 radical (unpaired) electrons. The normalized spacial score (nSPS) is 25.4. The summed E-state index contributed by atoms with van der Waals surface area (Å²) in [5.41, 5.74) is 0. The summed E-state index contributed by atoms with van der Waals surface area (Å²) in [4.78, 5) is 21.9. The molecular weight excluding hydrogens is 250 g/mol. The molecule has 1 aliphatic rings. The monoisotopic (exact) mass is 273 g/mol. The lowest BCUT2D eigenvalue weighted by atomic mass is 9.87. The van der Waals surface area contributed by atoms with Crippen molar-refractivity contribution in [3.05, 3.63) is 0 Å². The number of rotatable bonds is 6. The van der Waals surface area contributed by atoms with Crippen LogP contribution in [0, 0.1) is 5.92 Å². The molecular formula is C13H23NO3S. The molecule has 0 spiro atoms. The van der Waals surface area contributed by atoms with E-state index in [1.807, 2.05) is 0 Å². The smallest absolute Gasteiger partial charge is 0.327 e. The molecule has 1 amide bonds. The number of amides is 1. The second-order valence-electron chi connectivity index (χ2n) is 4.99. The molecule has 1 saturated carbocycles. The van der Waals surface area contributed by atoms with E-state index in [-0.39, 0.29) is 5.91 Å². The molecule has 0 aliphatic heterocycles. The molecule has 18 heavy (non-hydrogen) atoms. The molecule has 0 aromatic rings. The summed E-state index contributed by atoms with van der Waals surface area (Å²) in [5.74, 6) is 0.0367. The van der Waals surface area contributed by atoms with Crippen LogP contribution in [-0.2, 0) is 9.59 Å². The number of thioether (sulfide) groups is 1. The van der Waals surface area contributed by atoms with Crippen molar-refractivity contribution in [2.24, 2.45) is 5.92 Å². The van der Waals surface area contributed by atoms with Crippen molar-refractivity contribution in [1.29, 1.82) is 0 Å². The Kier molecular flexibility index (Phi) is 6.54. The second-order valence-corrected chi connectivity index (χ2v) is 6.32. The van der Waals surface area contributed by atoms with Gasteiger partial charge < -0.3 is 10.4 Å². The maximum atomic E-state index is 11.0. The number of carboxylic acids is 1. The van der Waals surface area contributed by atoms with Crippen molar-refractivity contribution < 1.29 is 14.7 Å². The number of hydrogen-bond acceptors (Lipinski definition) is 3. The third-order valence-corrected chi connectivity index (χ3v) is 4.91. The first-order valence-electron chi connectivity index (χ1n) is 6.64. The number of nitrogens with one attached hydrogen (secondary N) is 1. The van der Waals surface area contributed by atoms with Crippen molar-refractivity contribution in [3.8, 4) is 0 Å². The van der Waals surface area contributed by atoms with E-state index in [9.17, 15) is 9.59 Å². The summed E-state index contributed by atoms with van der Waals surface area (Å²) in [5, 5.41) is 12.1. The SMILES string of the molecule is CCC1CCCC(SC[C@H](NC(C)=O)C(=O)O)C1. The van der Waals surface area contributed by atoms with Gasteiger partial charge in [-0.15, -0.1) is 0 Å². The average molecular weight is 273 g/mol. The average Bonchev–Trinajstić information content (AvgIpc) is 2.34. The van der Waals surface area contributed by atoms with Crippen molar-refractivity contribution in [2.75, 3.05) is 5.75 Å². The summed E-state index contributed by atoms with van der Waals surface area (Å²) in [6, 6.07) is -0.755. The van der Waals surface area contributed by atoms with Gasteiger partial charge in [0, 0.05) is 17.9 Å². The third kappa shape index (κ3) is 5.29. The fourth-order valence-corrected chi connectivity index (χ4v) is 3.85. The molecule has 1 rings (SSSR count). The van der Waals surface area contributed by atoms with E-state index in [0.717, 1.165) is 5.92 Å². The van der Waals surface area contributed by atoms with Gasteiger partial charge in [0.25, 0.3) is 0 Å². The molecule has 1 aliphatic carbocycles. The first-order valence-corrected chi connectivity index (χ1v) is 7.69. The minimum absolute atomic E-state index is 0.280. The van der Waals surface area contributed by atoms with Gasteiger partial charge in [-0.3, -0.25) is 4.79 Å². The lowest BCUT2D eigenvalue weighted by Crippen LogP contribution is -2.42. The van der Waals surface area contributed by atoms with Crippen LogP contribution in [0.4, 0.5) is 0 Å². The largest absolute Gasteiger partial charge is 0.480 e. The molecule has 0 bridgehead atoms. The van der Waals surface area contributed by atoms with E-state index < -0.39 is 12.0 Å². The highest BCUT2D eigenvalue weighted by atomic mass is 32.2. The van der Waals surface area contributed by atoms with E-state index in [0.29, 0.717) is 11.0 Å². The van der Waals surface area contributed by atoms with Gasteiger partial charge in [-0.2, -0.15) is 11.8 Å². The topological polar surface area (TPSA) is 66.4 Å². The molecule has 0 saturated heterocycles. The molecule has 0 aromatic heterocycles. The zero-order valence-corrected chi connectivity index (χ0v) is 12.0. The number of carbonyl (C=O) groups excluding carboxylic acids is 1. The number of carbonyl (C=O) groups is 2. The summed E-state index contributed by atoms with van der Waals surface area (Å²) in [6.45, 7) is 3.57. The van der Waals surface area contributed by atoms with Crippen molar-refractivity contribution in [2.45, 2.75) is 57.2 Å². The van der Waals surface area contributed by atoms with Crippen LogP contribution < -0.4 is 5.32 Å². The van der Waals surface area contributed by atoms with E-state index in [1.54, 1.807) is 11.8 Å². The first-order chi connectivity index (χ1) is 8.52. The minimum atomic E-state index is -0.944. The molecule has 1 fully saturated rings. The van der Waals surface area contributed by atoms with Crippen molar-refractivity contribution in [1.82, 2.24) is 5.32 Å². The maximum absolute atomic E-state index is 11.0. The molecule has 2 unspecified atom stereocenters. The highest BCUT2D eigenvalue weighted by Gasteiger charge is 2.24. The second kappa shape index (κ2) is 7.67. The Balaban J connectivity index is 2.37. The Bertz CT molecular complexity index is 296. The fourth-order valence-electron chi connectivity index (χ4n) is 2.42. The number of aliphatic carboxylic acids is 1. The number of hydrogen-bond donors (Lipinski definition) is 2. The van der Waals surface area contributed by atoms with Crippen LogP contribution in [0.15, 0.2) is 0 Å². The lowest BCUT2D eigenvalue weighted by Gasteiger charge is -2.28. The summed E-state index contributed by atoms with van der Waals surface area (Å²) < 4.78 is 0. The van der Waals surface area contributed by atoms with Crippen molar-refractivity contribution in [3.63, 3.8) is 0 Å². The third-order valence-electron chi connectivity index (χ3n) is 3.49. The predicted octanol–water partition coefficient (Wildman–Crippen LogP) is 2.28. The minimum Gasteiger partial charge on any atom is -0.480 e. The van der Waals surface area contributed by atoms with Crippen LogP contribution in [-0.4, -0.2) is 34.0 Å². The van der Waals surface area contributed by atoms with E-state index in [4.69, 9.17) is 5.11 Å². The first kappa shape index (κ1) is 15.3. The van der Waals surface area contributed by atoms with Crippen LogP contribution in [0.5, 0.6) is 0 Å².